The number of hydrogen-bond acceptors (Lipinski definition) is 3. The third-order valence-corrected chi connectivity index (χ3v) is 10.3. The third-order valence-electron chi connectivity index (χ3n) is 5.81. The Bertz CT molecular complexity index is 594. The second-order valence-electron chi connectivity index (χ2n) is 8.38. The number of furan rings is 1. The van der Waals surface area contributed by atoms with E-state index >= 15 is 0 Å². The molecule has 3 rings (SSSR count). The van der Waals surface area contributed by atoms with Crippen LogP contribution in [0.2, 0.25) is 18.1 Å². The topological polar surface area (TPSA) is 42.6 Å². The van der Waals surface area contributed by atoms with E-state index in [4.69, 9.17) is 8.84 Å². The van der Waals surface area contributed by atoms with Gasteiger partial charge >= 0.3 is 0 Å². The minimum absolute atomic E-state index is 0.101. The first-order valence-corrected chi connectivity index (χ1v) is 11.2. The van der Waals surface area contributed by atoms with E-state index in [1.807, 2.05) is 0 Å². The average molecular weight is 321 g/mol. The fourth-order valence-electron chi connectivity index (χ4n) is 3.33. The van der Waals surface area contributed by atoms with Gasteiger partial charge in [-0.05, 0) is 49.0 Å². The molecule has 1 fully saturated rings. The van der Waals surface area contributed by atoms with Gasteiger partial charge in [0.25, 0.3) is 0 Å². The Morgan fingerprint density at radius 1 is 1.32 bits per heavy atom. The summed E-state index contributed by atoms with van der Waals surface area (Å²) in [5.74, 6) is 0. The highest BCUT2D eigenvalue weighted by molar-refractivity contribution is 6.74. The molecule has 0 unspecified atom stereocenters. The van der Waals surface area contributed by atoms with Crippen molar-refractivity contribution in [2.24, 2.45) is 0 Å². The first-order chi connectivity index (χ1) is 10.1. The summed E-state index contributed by atoms with van der Waals surface area (Å²) in [6, 6.07) is 0. The SMILES string of the molecule is CC(C)(C)[Si](C)(C)O[C@@H]1CCCC2=Cc3cocc3C[C@]21O. The van der Waals surface area contributed by atoms with Crippen LogP contribution in [0.3, 0.4) is 0 Å². The van der Waals surface area contributed by atoms with Crippen molar-refractivity contribution in [1.29, 1.82) is 0 Å². The molecule has 0 amide bonds. The third kappa shape index (κ3) is 2.51. The molecule has 1 aromatic rings. The predicted molar refractivity (Wildman–Crippen MR) is 91.3 cm³/mol. The Balaban J connectivity index is 1.91. The van der Waals surface area contributed by atoms with E-state index in [9.17, 15) is 5.11 Å². The molecule has 2 aliphatic carbocycles. The average Bonchev–Trinajstić information content (AvgIpc) is 2.82. The lowest BCUT2D eigenvalue weighted by Gasteiger charge is -2.48. The summed E-state index contributed by atoms with van der Waals surface area (Å²) in [7, 11) is -1.90. The summed E-state index contributed by atoms with van der Waals surface area (Å²) in [6.45, 7) is 11.3. The Morgan fingerprint density at radius 3 is 2.73 bits per heavy atom. The summed E-state index contributed by atoms with van der Waals surface area (Å²) in [6.07, 6.45) is 9.15. The molecule has 122 valence electrons. The molecule has 1 saturated carbocycles. The summed E-state index contributed by atoms with van der Waals surface area (Å²) < 4.78 is 11.9. The van der Waals surface area contributed by atoms with Crippen LogP contribution in [-0.2, 0) is 10.8 Å². The number of aliphatic hydroxyl groups is 1. The highest BCUT2D eigenvalue weighted by Gasteiger charge is 2.49. The largest absolute Gasteiger partial charge is 0.472 e. The Labute approximate surface area is 134 Å². The van der Waals surface area contributed by atoms with Gasteiger partial charge in [0.05, 0.1) is 18.6 Å². The van der Waals surface area contributed by atoms with Crippen LogP contribution in [0.15, 0.2) is 22.5 Å². The lowest BCUT2D eigenvalue weighted by Crippen LogP contribution is -2.56. The normalized spacial score (nSPS) is 28.8. The van der Waals surface area contributed by atoms with Crippen molar-refractivity contribution in [3.63, 3.8) is 0 Å². The molecule has 3 nitrogen and oxygen atoms in total. The molecule has 0 aliphatic heterocycles. The molecule has 0 aromatic carbocycles. The Hall–Kier alpha value is -0.843. The maximum Gasteiger partial charge on any atom is 0.192 e. The lowest BCUT2D eigenvalue weighted by atomic mass is 9.71. The molecule has 0 radical (unpaired) electrons. The van der Waals surface area contributed by atoms with Crippen LogP contribution in [0.4, 0.5) is 0 Å². The standard InChI is InChI=1S/C18H28O3Si/c1-17(2,3)22(4,5)21-16-8-6-7-15-9-13-11-20-12-14(13)10-18(15,16)19/h9,11-12,16,19H,6-8,10H2,1-5H3/t16-,18+/m1/s1. The van der Waals surface area contributed by atoms with Crippen LogP contribution in [0.5, 0.6) is 0 Å². The minimum Gasteiger partial charge on any atom is -0.472 e. The quantitative estimate of drug-likeness (QED) is 0.814. The van der Waals surface area contributed by atoms with E-state index in [2.05, 4.69) is 39.9 Å². The zero-order valence-corrected chi connectivity index (χ0v) is 15.4. The molecule has 2 aliphatic rings. The van der Waals surface area contributed by atoms with Crippen molar-refractivity contribution in [3.8, 4) is 0 Å². The van der Waals surface area contributed by atoms with E-state index in [1.165, 1.54) is 0 Å². The lowest BCUT2D eigenvalue weighted by molar-refractivity contribution is -0.0573. The first kappa shape index (κ1) is 16.0. The zero-order chi connectivity index (χ0) is 16.2. The van der Waals surface area contributed by atoms with Crippen LogP contribution >= 0.6 is 0 Å². The number of rotatable bonds is 2. The van der Waals surface area contributed by atoms with Gasteiger partial charge in [0.2, 0.25) is 0 Å². The molecule has 22 heavy (non-hydrogen) atoms. The van der Waals surface area contributed by atoms with E-state index < -0.39 is 13.9 Å². The van der Waals surface area contributed by atoms with E-state index in [-0.39, 0.29) is 11.1 Å². The Kier molecular flexibility index (Phi) is 3.70. The predicted octanol–water partition coefficient (Wildman–Crippen LogP) is 4.52. The molecule has 2 atom stereocenters. The molecular formula is C18H28O3Si. The highest BCUT2D eigenvalue weighted by atomic mass is 28.4. The van der Waals surface area contributed by atoms with E-state index in [1.54, 1.807) is 12.5 Å². The highest BCUT2D eigenvalue weighted by Crippen LogP contribution is 2.46. The molecule has 0 saturated heterocycles. The van der Waals surface area contributed by atoms with Crippen LogP contribution < -0.4 is 0 Å². The summed E-state index contributed by atoms with van der Waals surface area (Å²) in [4.78, 5) is 0. The maximum atomic E-state index is 11.4. The molecule has 4 heteroatoms. The van der Waals surface area contributed by atoms with Crippen molar-refractivity contribution < 1.29 is 13.9 Å². The summed E-state index contributed by atoms with van der Waals surface area (Å²) in [5, 5.41) is 11.6. The van der Waals surface area contributed by atoms with Gasteiger partial charge in [-0.2, -0.15) is 0 Å². The van der Waals surface area contributed by atoms with Gasteiger partial charge < -0.3 is 13.9 Å². The monoisotopic (exact) mass is 320 g/mol. The van der Waals surface area contributed by atoms with E-state index in [0.29, 0.717) is 6.42 Å². The number of fused-ring (bicyclic) bond motifs is 2. The van der Waals surface area contributed by atoms with Crippen molar-refractivity contribution in [1.82, 2.24) is 0 Å². The fraction of sp³-hybridized carbons (Fsp3) is 0.667. The van der Waals surface area contributed by atoms with E-state index in [0.717, 1.165) is 36.0 Å². The fourth-order valence-corrected chi connectivity index (χ4v) is 4.71. The summed E-state index contributed by atoms with van der Waals surface area (Å²) in [5.41, 5.74) is 2.48. The van der Waals surface area contributed by atoms with Crippen molar-refractivity contribution in [2.75, 3.05) is 0 Å². The van der Waals surface area contributed by atoms with Crippen LogP contribution in [0.1, 0.15) is 51.2 Å². The minimum atomic E-state index is -1.90. The van der Waals surface area contributed by atoms with Gasteiger partial charge in [-0.3, -0.25) is 0 Å². The first-order valence-electron chi connectivity index (χ1n) is 8.30. The number of hydrogen-bond donors (Lipinski definition) is 1. The summed E-state index contributed by atoms with van der Waals surface area (Å²) >= 11 is 0. The van der Waals surface area contributed by atoms with Crippen LogP contribution in [0, 0.1) is 0 Å². The Morgan fingerprint density at radius 2 is 2.05 bits per heavy atom. The molecule has 1 N–H and O–H groups in total. The van der Waals surface area contributed by atoms with Crippen LogP contribution in [0.25, 0.3) is 6.08 Å². The second kappa shape index (κ2) is 5.08. The molecule has 0 bridgehead atoms. The molecule has 0 spiro atoms. The van der Waals surface area contributed by atoms with Gasteiger partial charge in [-0.25, -0.2) is 0 Å². The molecular weight excluding hydrogens is 292 g/mol. The van der Waals surface area contributed by atoms with Gasteiger partial charge in [0.1, 0.15) is 5.60 Å². The molecule has 1 aromatic heterocycles. The maximum absolute atomic E-state index is 11.4. The van der Waals surface area contributed by atoms with Gasteiger partial charge in [0.15, 0.2) is 8.32 Å². The van der Waals surface area contributed by atoms with Gasteiger partial charge in [-0.15, -0.1) is 0 Å². The van der Waals surface area contributed by atoms with Crippen molar-refractivity contribution in [3.05, 3.63) is 29.2 Å². The molecule has 1 heterocycles. The zero-order valence-electron chi connectivity index (χ0n) is 14.4. The second-order valence-corrected chi connectivity index (χ2v) is 13.1. The van der Waals surface area contributed by atoms with Crippen molar-refractivity contribution in [2.45, 2.75) is 76.3 Å². The van der Waals surface area contributed by atoms with Crippen LogP contribution in [-0.4, -0.2) is 25.1 Å². The van der Waals surface area contributed by atoms with Gasteiger partial charge in [-0.1, -0.05) is 20.8 Å². The smallest absolute Gasteiger partial charge is 0.192 e. The van der Waals surface area contributed by atoms with Gasteiger partial charge in [0, 0.05) is 17.5 Å². The van der Waals surface area contributed by atoms with Crippen molar-refractivity contribution >= 4 is 14.4 Å².